The number of halogens is 2. The Kier molecular flexibility index (Phi) is 5.78. The maximum atomic E-state index is 6.39. The standard InChI is InChI=1S/C14H20ClN.ClH/c1-10-6-5-9-12(15)13(10)14(16)11-7-3-2-4-8-11;/h5-6,9,11,14H,2-4,7-8,16H2,1H3;1H/t14-;/m0./s1. The van der Waals surface area contributed by atoms with Gasteiger partial charge in [-0.1, -0.05) is 43.0 Å². The molecule has 96 valence electrons. The first-order valence-electron chi connectivity index (χ1n) is 6.20. The largest absolute Gasteiger partial charge is 0.324 e. The van der Waals surface area contributed by atoms with E-state index in [0.717, 1.165) is 10.6 Å². The molecule has 1 atom stereocenters. The van der Waals surface area contributed by atoms with E-state index >= 15 is 0 Å². The Morgan fingerprint density at radius 1 is 1.24 bits per heavy atom. The van der Waals surface area contributed by atoms with Gasteiger partial charge in [0, 0.05) is 11.1 Å². The molecule has 17 heavy (non-hydrogen) atoms. The summed E-state index contributed by atoms with van der Waals surface area (Å²) in [5.74, 6) is 0.618. The van der Waals surface area contributed by atoms with Gasteiger partial charge in [-0.15, -0.1) is 12.4 Å². The summed E-state index contributed by atoms with van der Waals surface area (Å²) in [4.78, 5) is 0. The van der Waals surface area contributed by atoms with Gasteiger partial charge in [0.25, 0.3) is 0 Å². The summed E-state index contributed by atoms with van der Waals surface area (Å²) in [7, 11) is 0. The lowest BCUT2D eigenvalue weighted by molar-refractivity contribution is 0.308. The summed E-state index contributed by atoms with van der Waals surface area (Å²) in [6, 6.07) is 6.17. The third-order valence-electron chi connectivity index (χ3n) is 3.76. The van der Waals surface area contributed by atoms with Crippen LogP contribution in [0.2, 0.25) is 5.02 Å². The molecule has 3 heteroatoms. The molecule has 1 aliphatic carbocycles. The highest BCUT2D eigenvalue weighted by Gasteiger charge is 2.24. The van der Waals surface area contributed by atoms with Crippen LogP contribution in [-0.2, 0) is 0 Å². The van der Waals surface area contributed by atoms with Crippen LogP contribution in [0, 0.1) is 12.8 Å². The van der Waals surface area contributed by atoms with Gasteiger partial charge in [0.1, 0.15) is 0 Å². The molecule has 0 aromatic heterocycles. The van der Waals surface area contributed by atoms with Gasteiger partial charge in [-0.05, 0) is 42.9 Å². The van der Waals surface area contributed by atoms with Gasteiger partial charge in [-0.25, -0.2) is 0 Å². The van der Waals surface area contributed by atoms with Gasteiger partial charge in [0.2, 0.25) is 0 Å². The molecule has 2 N–H and O–H groups in total. The van der Waals surface area contributed by atoms with Crippen molar-refractivity contribution in [2.24, 2.45) is 11.7 Å². The topological polar surface area (TPSA) is 26.0 Å². The summed E-state index contributed by atoms with van der Waals surface area (Å²) in [6.07, 6.45) is 6.52. The molecule has 1 saturated carbocycles. The van der Waals surface area contributed by atoms with Crippen LogP contribution in [-0.4, -0.2) is 0 Å². The van der Waals surface area contributed by atoms with Crippen LogP contribution in [0.25, 0.3) is 0 Å². The number of hydrogen-bond acceptors (Lipinski definition) is 1. The van der Waals surface area contributed by atoms with Gasteiger partial charge in [-0.2, -0.15) is 0 Å². The van der Waals surface area contributed by atoms with Crippen molar-refractivity contribution >= 4 is 24.0 Å². The molecule has 1 aromatic carbocycles. The molecule has 1 aliphatic rings. The van der Waals surface area contributed by atoms with Gasteiger partial charge < -0.3 is 5.73 Å². The molecule has 1 fully saturated rings. The molecule has 0 radical (unpaired) electrons. The van der Waals surface area contributed by atoms with Crippen molar-refractivity contribution in [2.45, 2.75) is 45.1 Å². The van der Waals surface area contributed by atoms with Crippen LogP contribution in [0.15, 0.2) is 18.2 Å². The first-order valence-corrected chi connectivity index (χ1v) is 6.58. The molecule has 0 bridgehead atoms. The molecular formula is C14H21Cl2N. The Morgan fingerprint density at radius 2 is 1.88 bits per heavy atom. The maximum absolute atomic E-state index is 6.39. The molecule has 1 aromatic rings. The van der Waals surface area contributed by atoms with Gasteiger partial charge >= 0.3 is 0 Å². The molecular weight excluding hydrogens is 253 g/mol. The van der Waals surface area contributed by atoms with E-state index in [1.807, 2.05) is 12.1 Å². The quantitative estimate of drug-likeness (QED) is 0.834. The predicted octanol–water partition coefficient (Wildman–Crippen LogP) is 4.65. The molecule has 0 aliphatic heterocycles. The molecule has 0 heterocycles. The predicted molar refractivity (Wildman–Crippen MR) is 76.9 cm³/mol. The summed E-state index contributed by atoms with van der Waals surface area (Å²) in [5.41, 5.74) is 8.78. The Balaban J connectivity index is 0.00000144. The van der Waals surface area contributed by atoms with E-state index in [1.54, 1.807) is 0 Å². The monoisotopic (exact) mass is 273 g/mol. The molecule has 0 saturated heterocycles. The van der Waals surface area contributed by atoms with E-state index in [0.29, 0.717) is 5.92 Å². The van der Waals surface area contributed by atoms with E-state index < -0.39 is 0 Å². The Hall–Kier alpha value is -0.240. The summed E-state index contributed by atoms with van der Waals surface area (Å²) >= 11 is 6.26. The molecule has 2 rings (SSSR count). The zero-order valence-corrected chi connectivity index (χ0v) is 11.9. The highest BCUT2D eigenvalue weighted by Crippen LogP contribution is 2.36. The average molecular weight is 274 g/mol. The van der Waals surface area contributed by atoms with E-state index in [1.165, 1.54) is 37.7 Å². The molecule has 0 spiro atoms. The number of aryl methyl sites for hydroxylation is 1. The minimum atomic E-state index is 0. The SMILES string of the molecule is Cc1cccc(Cl)c1[C@@H](N)C1CCCCC1.Cl. The zero-order valence-electron chi connectivity index (χ0n) is 10.3. The second-order valence-corrected chi connectivity index (χ2v) is 5.30. The Labute approximate surface area is 115 Å². The first kappa shape index (κ1) is 14.8. The highest BCUT2D eigenvalue weighted by atomic mass is 35.5. The van der Waals surface area contributed by atoms with Crippen LogP contribution >= 0.6 is 24.0 Å². The van der Waals surface area contributed by atoms with Crippen LogP contribution in [0.5, 0.6) is 0 Å². The van der Waals surface area contributed by atoms with Crippen molar-refractivity contribution in [3.63, 3.8) is 0 Å². The van der Waals surface area contributed by atoms with Crippen LogP contribution in [0.4, 0.5) is 0 Å². The van der Waals surface area contributed by atoms with Crippen molar-refractivity contribution in [3.05, 3.63) is 34.3 Å². The second kappa shape index (κ2) is 6.63. The third kappa shape index (κ3) is 3.37. The van der Waals surface area contributed by atoms with Crippen molar-refractivity contribution in [3.8, 4) is 0 Å². The average Bonchev–Trinajstić information content (AvgIpc) is 2.30. The van der Waals surface area contributed by atoms with Crippen LogP contribution < -0.4 is 5.73 Å². The van der Waals surface area contributed by atoms with Gasteiger partial charge in [-0.3, -0.25) is 0 Å². The molecule has 0 unspecified atom stereocenters. The van der Waals surface area contributed by atoms with Gasteiger partial charge in [0.15, 0.2) is 0 Å². The minimum absolute atomic E-state index is 0. The zero-order chi connectivity index (χ0) is 11.5. The van der Waals surface area contributed by atoms with Crippen molar-refractivity contribution in [1.82, 2.24) is 0 Å². The number of hydrogen-bond donors (Lipinski definition) is 1. The lowest BCUT2D eigenvalue weighted by Crippen LogP contribution is -2.24. The fourth-order valence-corrected chi connectivity index (χ4v) is 3.14. The Morgan fingerprint density at radius 3 is 2.47 bits per heavy atom. The van der Waals surface area contributed by atoms with Crippen molar-refractivity contribution in [1.29, 1.82) is 0 Å². The fraction of sp³-hybridized carbons (Fsp3) is 0.571. The normalized spacial score (nSPS) is 18.5. The highest BCUT2D eigenvalue weighted by molar-refractivity contribution is 6.31. The maximum Gasteiger partial charge on any atom is 0.0456 e. The number of benzene rings is 1. The smallest absolute Gasteiger partial charge is 0.0456 e. The van der Waals surface area contributed by atoms with E-state index in [9.17, 15) is 0 Å². The summed E-state index contributed by atoms with van der Waals surface area (Å²) in [5, 5.41) is 0.832. The molecule has 0 amide bonds. The first-order chi connectivity index (χ1) is 7.70. The van der Waals surface area contributed by atoms with Crippen molar-refractivity contribution in [2.75, 3.05) is 0 Å². The molecule has 1 nitrogen and oxygen atoms in total. The van der Waals surface area contributed by atoms with E-state index in [4.69, 9.17) is 17.3 Å². The van der Waals surface area contributed by atoms with Crippen molar-refractivity contribution < 1.29 is 0 Å². The van der Waals surface area contributed by atoms with Gasteiger partial charge in [0.05, 0.1) is 0 Å². The van der Waals surface area contributed by atoms with E-state index in [2.05, 4.69) is 13.0 Å². The third-order valence-corrected chi connectivity index (χ3v) is 4.09. The van der Waals surface area contributed by atoms with Crippen LogP contribution in [0.1, 0.15) is 49.3 Å². The lowest BCUT2D eigenvalue weighted by atomic mass is 9.80. The fourth-order valence-electron chi connectivity index (χ4n) is 2.80. The second-order valence-electron chi connectivity index (χ2n) is 4.89. The lowest BCUT2D eigenvalue weighted by Gasteiger charge is -2.29. The van der Waals surface area contributed by atoms with E-state index in [-0.39, 0.29) is 18.4 Å². The number of nitrogens with two attached hydrogens (primary N) is 1. The number of rotatable bonds is 2. The Bertz CT molecular complexity index is 339. The minimum Gasteiger partial charge on any atom is -0.324 e. The summed E-state index contributed by atoms with van der Waals surface area (Å²) < 4.78 is 0. The summed E-state index contributed by atoms with van der Waals surface area (Å²) in [6.45, 7) is 2.10. The van der Waals surface area contributed by atoms with Crippen LogP contribution in [0.3, 0.4) is 0 Å².